The molecule has 3 rings (SSSR count). The molecule has 0 spiro atoms. The number of nitrogens with two attached hydrogens (primary N) is 1. The zero-order valence-electron chi connectivity index (χ0n) is 12.1. The Kier molecular flexibility index (Phi) is 4.06. The molecule has 1 aliphatic heterocycles. The molecule has 1 aromatic rings. The molecule has 1 aromatic carbocycles. The van der Waals surface area contributed by atoms with Gasteiger partial charge in [-0.1, -0.05) is 25.0 Å². The molecule has 0 bridgehead atoms. The highest BCUT2D eigenvalue weighted by molar-refractivity contribution is 5.92. The van der Waals surface area contributed by atoms with Gasteiger partial charge in [0.1, 0.15) is 0 Å². The first-order chi connectivity index (χ1) is 9.72. The summed E-state index contributed by atoms with van der Waals surface area (Å²) >= 11 is 0. The largest absolute Gasteiger partial charge is 0.366 e. The maximum absolute atomic E-state index is 11.2. The van der Waals surface area contributed by atoms with Crippen LogP contribution in [0.25, 0.3) is 0 Å². The van der Waals surface area contributed by atoms with Gasteiger partial charge in [0.2, 0.25) is 5.91 Å². The predicted molar refractivity (Wildman–Crippen MR) is 80.6 cm³/mol. The predicted octanol–water partition coefficient (Wildman–Crippen LogP) is 2.59. The maximum Gasteiger partial charge on any atom is 0.248 e. The molecular formula is C17H24N2O. The molecule has 2 aliphatic rings. The quantitative estimate of drug-likeness (QED) is 0.915. The molecule has 1 aliphatic carbocycles. The van der Waals surface area contributed by atoms with Gasteiger partial charge >= 0.3 is 0 Å². The number of hydrogen-bond acceptors (Lipinski definition) is 2. The van der Waals surface area contributed by atoms with Crippen molar-refractivity contribution in [2.45, 2.75) is 44.6 Å². The van der Waals surface area contributed by atoms with Crippen molar-refractivity contribution >= 4 is 5.91 Å². The minimum absolute atomic E-state index is 0.328. The number of primary amides is 1. The van der Waals surface area contributed by atoms with Crippen LogP contribution in [-0.4, -0.2) is 29.9 Å². The summed E-state index contributed by atoms with van der Waals surface area (Å²) in [5.41, 5.74) is 7.23. The average molecular weight is 272 g/mol. The van der Waals surface area contributed by atoms with Crippen LogP contribution in [0.1, 0.15) is 48.0 Å². The Labute approximate surface area is 121 Å². The monoisotopic (exact) mass is 272 g/mol. The number of amides is 1. The van der Waals surface area contributed by atoms with Crippen LogP contribution in [-0.2, 0) is 6.42 Å². The number of carbonyl (C=O) groups excluding carboxylic acids is 1. The van der Waals surface area contributed by atoms with Gasteiger partial charge in [-0.3, -0.25) is 4.79 Å². The van der Waals surface area contributed by atoms with Crippen molar-refractivity contribution in [1.82, 2.24) is 4.90 Å². The normalized spacial score (nSPS) is 24.3. The Morgan fingerprint density at radius 2 is 2.05 bits per heavy atom. The van der Waals surface area contributed by atoms with Crippen LogP contribution in [0.3, 0.4) is 0 Å². The lowest BCUT2D eigenvalue weighted by Crippen LogP contribution is -2.31. The highest BCUT2D eigenvalue weighted by Crippen LogP contribution is 2.29. The molecule has 1 amide bonds. The third-order valence-corrected chi connectivity index (χ3v) is 4.89. The third kappa shape index (κ3) is 3.04. The van der Waals surface area contributed by atoms with Crippen molar-refractivity contribution < 1.29 is 4.79 Å². The first-order valence-corrected chi connectivity index (χ1v) is 7.85. The minimum Gasteiger partial charge on any atom is -0.366 e. The van der Waals surface area contributed by atoms with Gasteiger partial charge in [-0.05, 0) is 55.8 Å². The fourth-order valence-corrected chi connectivity index (χ4v) is 3.82. The minimum atomic E-state index is -0.328. The van der Waals surface area contributed by atoms with Crippen molar-refractivity contribution in [3.8, 4) is 0 Å². The zero-order chi connectivity index (χ0) is 13.9. The number of benzene rings is 1. The summed E-state index contributed by atoms with van der Waals surface area (Å²) in [5, 5.41) is 0. The summed E-state index contributed by atoms with van der Waals surface area (Å²) in [7, 11) is 0. The van der Waals surface area contributed by atoms with E-state index in [9.17, 15) is 4.79 Å². The molecule has 2 fully saturated rings. The molecule has 1 saturated heterocycles. The lowest BCUT2D eigenvalue weighted by molar-refractivity contribution is 0.1000. The lowest BCUT2D eigenvalue weighted by atomic mass is 9.97. The molecule has 1 atom stereocenters. The number of hydrogen-bond donors (Lipinski definition) is 1. The summed E-state index contributed by atoms with van der Waals surface area (Å²) < 4.78 is 0. The van der Waals surface area contributed by atoms with Crippen LogP contribution in [0.15, 0.2) is 24.3 Å². The van der Waals surface area contributed by atoms with Gasteiger partial charge < -0.3 is 10.6 Å². The maximum atomic E-state index is 11.2. The second-order valence-electron chi connectivity index (χ2n) is 6.36. The summed E-state index contributed by atoms with van der Waals surface area (Å²) in [6, 6.07) is 8.66. The molecule has 1 saturated carbocycles. The Hall–Kier alpha value is -1.35. The average Bonchev–Trinajstić information content (AvgIpc) is 3.09. The van der Waals surface area contributed by atoms with Crippen LogP contribution in [0.2, 0.25) is 0 Å². The molecule has 0 aromatic heterocycles. The first-order valence-electron chi connectivity index (χ1n) is 7.85. The zero-order valence-corrected chi connectivity index (χ0v) is 12.1. The number of carbonyl (C=O) groups is 1. The Bertz CT molecular complexity index is 480. The van der Waals surface area contributed by atoms with Gasteiger partial charge in [-0.25, -0.2) is 0 Å². The van der Waals surface area contributed by atoms with E-state index in [-0.39, 0.29) is 5.91 Å². The van der Waals surface area contributed by atoms with E-state index < -0.39 is 0 Å². The van der Waals surface area contributed by atoms with Crippen LogP contribution >= 0.6 is 0 Å². The van der Waals surface area contributed by atoms with E-state index in [0.29, 0.717) is 5.56 Å². The molecule has 108 valence electrons. The van der Waals surface area contributed by atoms with Gasteiger partial charge in [-0.15, -0.1) is 0 Å². The molecule has 20 heavy (non-hydrogen) atoms. The molecule has 3 nitrogen and oxygen atoms in total. The number of rotatable bonds is 4. The lowest BCUT2D eigenvalue weighted by Gasteiger charge is -2.23. The van der Waals surface area contributed by atoms with Crippen LogP contribution < -0.4 is 5.73 Å². The number of nitrogens with zero attached hydrogens (tertiary/aromatic N) is 1. The van der Waals surface area contributed by atoms with E-state index >= 15 is 0 Å². The summed E-state index contributed by atoms with van der Waals surface area (Å²) in [4.78, 5) is 13.9. The van der Waals surface area contributed by atoms with Gasteiger partial charge in [0, 0.05) is 18.2 Å². The highest BCUT2D eigenvalue weighted by Gasteiger charge is 2.29. The summed E-state index contributed by atoms with van der Waals surface area (Å²) in [6.45, 7) is 2.48. The summed E-state index contributed by atoms with van der Waals surface area (Å²) in [5.74, 6) is 0.407. The Balaban J connectivity index is 1.58. The summed E-state index contributed by atoms with van der Waals surface area (Å²) in [6.07, 6.45) is 7.97. The van der Waals surface area contributed by atoms with Crippen molar-refractivity contribution in [2.75, 3.05) is 13.1 Å². The smallest absolute Gasteiger partial charge is 0.248 e. The van der Waals surface area contributed by atoms with Crippen molar-refractivity contribution in [1.29, 1.82) is 0 Å². The molecule has 1 heterocycles. The Morgan fingerprint density at radius 3 is 2.80 bits per heavy atom. The van der Waals surface area contributed by atoms with Crippen molar-refractivity contribution in [2.24, 2.45) is 11.7 Å². The van der Waals surface area contributed by atoms with Gasteiger partial charge in [0.05, 0.1) is 0 Å². The van der Waals surface area contributed by atoms with Crippen molar-refractivity contribution in [3.63, 3.8) is 0 Å². The first kappa shape index (κ1) is 13.6. The highest BCUT2D eigenvalue weighted by atomic mass is 16.1. The van der Waals surface area contributed by atoms with E-state index in [2.05, 4.69) is 11.0 Å². The molecule has 3 heteroatoms. The number of likely N-dealkylation sites (tertiary alicyclic amines) is 1. The van der Waals surface area contributed by atoms with E-state index in [4.69, 9.17) is 5.73 Å². The SMILES string of the molecule is NC(=O)c1cccc(C[C@@H]2CCN(C3CCCC3)C2)c1. The van der Waals surface area contributed by atoms with E-state index in [1.165, 1.54) is 50.8 Å². The second-order valence-corrected chi connectivity index (χ2v) is 6.36. The standard InChI is InChI=1S/C17H24N2O/c18-17(20)15-5-3-4-13(11-15)10-14-8-9-19(12-14)16-6-1-2-7-16/h3-5,11,14,16H,1-2,6-10,12H2,(H2,18,20)/t14-/m0/s1. The van der Waals surface area contributed by atoms with Crippen molar-refractivity contribution in [3.05, 3.63) is 35.4 Å². The topological polar surface area (TPSA) is 46.3 Å². The van der Waals surface area contributed by atoms with E-state index in [0.717, 1.165) is 18.4 Å². The molecule has 0 radical (unpaired) electrons. The van der Waals surface area contributed by atoms with Crippen LogP contribution in [0, 0.1) is 5.92 Å². The van der Waals surface area contributed by atoms with Gasteiger partial charge in [0.25, 0.3) is 0 Å². The molecular weight excluding hydrogens is 248 g/mol. The van der Waals surface area contributed by atoms with E-state index in [1.54, 1.807) is 6.07 Å². The fourth-order valence-electron chi connectivity index (χ4n) is 3.82. The third-order valence-electron chi connectivity index (χ3n) is 4.89. The Morgan fingerprint density at radius 1 is 1.25 bits per heavy atom. The van der Waals surface area contributed by atoms with Gasteiger partial charge in [0.15, 0.2) is 0 Å². The van der Waals surface area contributed by atoms with Crippen LogP contribution in [0.4, 0.5) is 0 Å². The van der Waals surface area contributed by atoms with E-state index in [1.807, 2.05) is 12.1 Å². The molecule has 2 N–H and O–H groups in total. The molecule has 0 unspecified atom stereocenters. The fraction of sp³-hybridized carbons (Fsp3) is 0.588. The van der Waals surface area contributed by atoms with Gasteiger partial charge in [-0.2, -0.15) is 0 Å². The second kappa shape index (κ2) is 5.96. The van der Waals surface area contributed by atoms with Crippen LogP contribution in [0.5, 0.6) is 0 Å².